The average molecular weight is 652 g/mol. The monoisotopic (exact) mass is 651 g/mol. The van der Waals surface area contributed by atoms with E-state index in [1.54, 1.807) is 18.5 Å². The van der Waals surface area contributed by atoms with E-state index in [-0.39, 0.29) is 29.1 Å². The number of carbonyl (C=O) groups excluding carboxylic acids is 1. The zero-order valence-electron chi connectivity index (χ0n) is 28.1. The molecule has 3 aromatic carbocycles. The van der Waals surface area contributed by atoms with Crippen molar-refractivity contribution in [2.45, 2.75) is 89.8 Å². The van der Waals surface area contributed by atoms with Crippen LogP contribution in [-0.2, 0) is 30.8 Å². The summed E-state index contributed by atoms with van der Waals surface area (Å²) in [6.45, 7) is 2.92. The first-order chi connectivity index (χ1) is 23.5. The Balaban J connectivity index is 1.07. The number of nitrogens with two attached hydrogens (primary N) is 1. The molecule has 1 saturated heterocycles. The maximum Gasteiger partial charge on any atom is 0.226 e. The summed E-state index contributed by atoms with van der Waals surface area (Å²) in [4.78, 5) is 20.5. The van der Waals surface area contributed by atoms with Gasteiger partial charge in [0.15, 0.2) is 0 Å². The van der Waals surface area contributed by atoms with Crippen LogP contribution < -0.4 is 10.5 Å². The number of amides is 1. The lowest BCUT2D eigenvalue weighted by atomic mass is 9.63. The molecule has 48 heavy (non-hydrogen) atoms. The molecule has 2 atom stereocenters. The van der Waals surface area contributed by atoms with Crippen LogP contribution in [0.2, 0.25) is 0 Å². The molecule has 0 radical (unpaired) electrons. The van der Waals surface area contributed by atoms with Gasteiger partial charge in [0, 0.05) is 31.6 Å². The van der Waals surface area contributed by atoms with Crippen molar-refractivity contribution in [3.63, 3.8) is 0 Å². The van der Waals surface area contributed by atoms with Gasteiger partial charge in [-0.2, -0.15) is 5.10 Å². The molecule has 2 heterocycles. The Morgan fingerprint density at radius 1 is 0.875 bits per heavy atom. The van der Waals surface area contributed by atoms with Gasteiger partial charge in [-0.3, -0.25) is 9.48 Å². The molecule has 1 aliphatic heterocycles. The third-order valence-corrected chi connectivity index (χ3v) is 10.8. The maximum absolute atomic E-state index is 14.2. The molecule has 1 saturated carbocycles. The van der Waals surface area contributed by atoms with E-state index in [0.717, 1.165) is 67.8 Å². The van der Waals surface area contributed by atoms with Crippen molar-refractivity contribution in [2.75, 3.05) is 13.1 Å². The highest BCUT2D eigenvalue weighted by Gasteiger charge is 2.43. The van der Waals surface area contributed by atoms with Gasteiger partial charge in [-0.1, -0.05) is 73.9 Å². The van der Waals surface area contributed by atoms with Crippen LogP contribution in [0.15, 0.2) is 91.5 Å². The zero-order valence-corrected chi connectivity index (χ0v) is 28.1. The summed E-state index contributed by atoms with van der Waals surface area (Å²) >= 11 is 0. The fraction of sp³-hybridized carbons (Fsp3) is 0.475. The second-order valence-corrected chi connectivity index (χ2v) is 14.1. The molecule has 0 spiro atoms. The molecule has 7 nitrogen and oxygen atoms in total. The van der Waals surface area contributed by atoms with E-state index in [1.807, 2.05) is 41.3 Å². The number of nitrogens with zero attached hydrogens (tertiary/aromatic N) is 4. The molecule has 1 aliphatic carbocycles. The summed E-state index contributed by atoms with van der Waals surface area (Å²) in [5.74, 6) is 1.22. The van der Waals surface area contributed by atoms with E-state index in [1.165, 1.54) is 44.2 Å². The van der Waals surface area contributed by atoms with Crippen LogP contribution >= 0.6 is 0 Å². The summed E-state index contributed by atoms with van der Waals surface area (Å²) in [6, 6.07) is 24.8. The highest BCUT2D eigenvalue weighted by atomic mass is 19.1. The minimum absolute atomic E-state index is 0.0763. The summed E-state index contributed by atoms with van der Waals surface area (Å²) in [5, 5.41) is 4.46. The number of benzene rings is 3. The summed E-state index contributed by atoms with van der Waals surface area (Å²) in [5.41, 5.74) is 10.1. The minimum atomic E-state index is -0.261. The number of rotatable bonds is 14. The van der Waals surface area contributed by atoms with Crippen LogP contribution in [0.1, 0.15) is 74.5 Å². The molecular weight excluding hydrogens is 601 g/mol. The van der Waals surface area contributed by atoms with Crippen molar-refractivity contribution >= 4 is 5.91 Å². The first-order valence-corrected chi connectivity index (χ1v) is 17.8. The van der Waals surface area contributed by atoms with Gasteiger partial charge < -0.3 is 15.4 Å². The normalized spacial score (nSPS) is 17.9. The Labute approximate surface area is 284 Å². The van der Waals surface area contributed by atoms with Gasteiger partial charge >= 0.3 is 0 Å². The molecule has 8 heteroatoms. The number of ether oxygens (including phenoxy) is 1. The second-order valence-electron chi connectivity index (χ2n) is 14.1. The number of piperidine rings is 1. The summed E-state index contributed by atoms with van der Waals surface area (Å²) in [7, 11) is 0. The molecular formula is C40H50FN5O2. The van der Waals surface area contributed by atoms with E-state index in [0.29, 0.717) is 25.4 Å². The lowest BCUT2D eigenvalue weighted by Crippen LogP contribution is -2.50. The van der Waals surface area contributed by atoms with E-state index < -0.39 is 0 Å². The highest BCUT2D eigenvalue weighted by Crippen LogP contribution is 2.47. The molecule has 1 amide bonds. The van der Waals surface area contributed by atoms with Gasteiger partial charge in [0.25, 0.3) is 0 Å². The van der Waals surface area contributed by atoms with Gasteiger partial charge in [-0.15, -0.1) is 0 Å². The Hall–Kier alpha value is -4.04. The van der Waals surface area contributed by atoms with Crippen LogP contribution in [0.3, 0.4) is 0 Å². The topological polar surface area (TPSA) is 86.3 Å². The molecule has 2 N–H and O–H groups in total. The largest absolute Gasteiger partial charge is 0.489 e. The number of carbonyl (C=O) groups is 1. The van der Waals surface area contributed by atoms with Gasteiger partial charge in [-0.25, -0.2) is 9.37 Å². The molecule has 2 aliphatic rings. The molecule has 2 fully saturated rings. The van der Waals surface area contributed by atoms with Crippen LogP contribution in [0.5, 0.6) is 5.75 Å². The number of aromatic nitrogens is 3. The number of hydrogen-bond acceptors (Lipinski definition) is 5. The molecule has 1 aromatic heterocycles. The standard InChI is InChI=1S/C40H50FN5O2/c41-36-16-11-31(12-17-36)25-34(15-18-37(42)26-32-13-19-38(20-14-32)48-27-33-7-3-1-4-8-33)39(47)45-23-21-40(22-24-45,28-46-30-43-29-44-46)35-9-5-2-6-10-35/h1,3-4,7-8,11-14,16-17,19-20,29-30,34-35,37H,2,5-6,9-10,15,18,21-28,42H2/t34-,37+/m1/s1. The van der Waals surface area contributed by atoms with Crippen molar-refractivity contribution in [2.24, 2.45) is 23.0 Å². The molecule has 0 bridgehead atoms. The minimum Gasteiger partial charge on any atom is -0.489 e. The number of likely N-dealkylation sites (tertiary alicyclic amines) is 1. The second kappa shape index (κ2) is 16.4. The molecule has 0 unspecified atom stereocenters. The first-order valence-electron chi connectivity index (χ1n) is 17.8. The van der Waals surface area contributed by atoms with Crippen LogP contribution in [0, 0.1) is 23.1 Å². The van der Waals surface area contributed by atoms with E-state index in [9.17, 15) is 9.18 Å². The van der Waals surface area contributed by atoms with Crippen molar-refractivity contribution in [1.82, 2.24) is 19.7 Å². The van der Waals surface area contributed by atoms with E-state index in [4.69, 9.17) is 10.5 Å². The number of halogens is 1. The Bertz CT molecular complexity index is 1530. The van der Waals surface area contributed by atoms with Crippen molar-refractivity contribution < 1.29 is 13.9 Å². The van der Waals surface area contributed by atoms with Crippen LogP contribution in [0.25, 0.3) is 0 Å². The first kappa shape index (κ1) is 33.8. The Morgan fingerprint density at radius 2 is 1.56 bits per heavy atom. The molecule has 254 valence electrons. The van der Waals surface area contributed by atoms with Crippen molar-refractivity contribution in [3.05, 3.63) is 114 Å². The predicted octanol–water partition coefficient (Wildman–Crippen LogP) is 7.39. The fourth-order valence-corrected chi connectivity index (χ4v) is 7.98. The van der Waals surface area contributed by atoms with Crippen LogP contribution in [0.4, 0.5) is 4.39 Å². The summed E-state index contributed by atoms with van der Waals surface area (Å²) in [6.07, 6.45) is 14.6. The third-order valence-electron chi connectivity index (χ3n) is 10.8. The Kier molecular flexibility index (Phi) is 11.5. The van der Waals surface area contributed by atoms with Gasteiger partial charge in [0.05, 0.1) is 0 Å². The smallest absolute Gasteiger partial charge is 0.226 e. The molecule has 4 aromatic rings. The van der Waals surface area contributed by atoms with Crippen molar-refractivity contribution in [1.29, 1.82) is 0 Å². The molecule has 6 rings (SSSR count). The maximum atomic E-state index is 14.2. The van der Waals surface area contributed by atoms with Crippen molar-refractivity contribution in [3.8, 4) is 5.75 Å². The van der Waals surface area contributed by atoms with E-state index >= 15 is 0 Å². The van der Waals surface area contributed by atoms with Gasteiger partial charge in [0.1, 0.15) is 30.8 Å². The zero-order chi connectivity index (χ0) is 33.2. The lowest BCUT2D eigenvalue weighted by Gasteiger charge is -2.48. The quantitative estimate of drug-likeness (QED) is 0.154. The predicted molar refractivity (Wildman–Crippen MR) is 187 cm³/mol. The number of hydrogen-bond donors (Lipinski definition) is 1. The average Bonchev–Trinajstić information content (AvgIpc) is 3.64. The highest BCUT2D eigenvalue weighted by molar-refractivity contribution is 5.79. The Morgan fingerprint density at radius 3 is 2.25 bits per heavy atom. The van der Waals surface area contributed by atoms with Crippen LogP contribution in [-0.4, -0.2) is 44.7 Å². The SMILES string of the molecule is N[C@@H](CC[C@H](Cc1ccc(F)cc1)C(=O)N1CCC(Cn2cncn2)(C2CCCCC2)CC1)Cc1ccc(OCc2ccccc2)cc1. The fourth-order valence-electron chi connectivity index (χ4n) is 7.98. The van der Waals surface area contributed by atoms with Gasteiger partial charge in [0.2, 0.25) is 5.91 Å². The third kappa shape index (κ3) is 9.10. The summed E-state index contributed by atoms with van der Waals surface area (Å²) < 4.78 is 21.7. The van der Waals surface area contributed by atoms with Gasteiger partial charge in [-0.05, 0) is 104 Å². The lowest BCUT2D eigenvalue weighted by molar-refractivity contribution is -0.139. The van der Waals surface area contributed by atoms with E-state index in [2.05, 4.69) is 39.2 Å².